The third-order valence-corrected chi connectivity index (χ3v) is 8.25. The van der Waals surface area contributed by atoms with Crippen molar-refractivity contribution in [1.29, 1.82) is 0 Å². The molecule has 4 aromatic heterocycles. The molecule has 6 nitrogen and oxygen atoms in total. The van der Waals surface area contributed by atoms with Crippen LogP contribution in [0.2, 0.25) is 0 Å². The average Bonchev–Trinajstić information content (AvgIpc) is 3.75. The summed E-state index contributed by atoms with van der Waals surface area (Å²) < 4.78 is 14.8. The number of likely N-dealkylation sites (tertiary alicyclic amines) is 1. The van der Waals surface area contributed by atoms with E-state index < -0.39 is 0 Å². The summed E-state index contributed by atoms with van der Waals surface area (Å²) in [6.45, 7) is 11.9. The molecule has 0 atom stereocenters. The van der Waals surface area contributed by atoms with Gasteiger partial charge >= 0.3 is 0 Å². The molecule has 0 aliphatic carbocycles. The highest BCUT2D eigenvalue weighted by Crippen LogP contribution is 2.31. The zero-order valence-corrected chi connectivity index (χ0v) is 24.4. The molecule has 1 saturated heterocycles. The predicted molar refractivity (Wildman–Crippen MR) is 170 cm³/mol. The van der Waals surface area contributed by atoms with Gasteiger partial charge in [0.25, 0.3) is 0 Å². The standard InChI is InChI=1S/C35H37FN6/c1-4-25-16-28(22-37-21-25)23(2)9-10-32-24(3)34(41-40-32)33-20-31-30(11-12-38-35(31)39-33)27-17-26(18-29(36)19-27)8-7-15-42-13-5-6-14-42/h9-12,16-22,40H,3-8,13-15H2,1-2H3,(H,38,39)/b23-9+,32-10+. The molecule has 1 aromatic carbocycles. The first-order valence-corrected chi connectivity index (χ1v) is 14.8. The van der Waals surface area contributed by atoms with Gasteiger partial charge in [-0.1, -0.05) is 25.6 Å². The first kappa shape index (κ1) is 27.8. The van der Waals surface area contributed by atoms with Gasteiger partial charge in [0, 0.05) is 29.2 Å². The molecule has 0 saturated carbocycles. The minimum absolute atomic E-state index is 0.211. The number of fused-ring (bicyclic) bond motifs is 1. The fourth-order valence-corrected chi connectivity index (χ4v) is 5.81. The van der Waals surface area contributed by atoms with Crippen LogP contribution >= 0.6 is 0 Å². The molecule has 42 heavy (non-hydrogen) atoms. The van der Waals surface area contributed by atoms with Crippen molar-refractivity contribution in [3.05, 3.63) is 94.1 Å². The maximum Gasteiger partial charge on any atom is 0.138 e. The number of rotatable bonds is 9. The smallest absolute Gasteiger partial charge is 0.138 e. The Kier molecular flexibility index (Phi) is 8.11. The summed E-state index contributed by atoms with van der Waals surface area (Å²) in [7, 11) is 0. The second-order valence-corrected chi connectivity index (χ2v) is 11.2. The first-order valence-electron chi connectivity index (χ1n) is 14.8. The van der Waals surface area contributed by atoms with E-state index >= 15 is 0 Å². The fraction of sp³-hybridized carbons (Fsp3) is 0.286. The maximum absolute atomic E-state index is 14.8. The summed E-state index contributed by atoms with van der Waals surface area (Å²) in [4.78, 5) is 14.8. The Hall–Kier alpha value is -4.36. The molecule has 0 unspecified atom stereocenters. The maximum atomic E-state index is 14.8. The van der Waals surface area contributed by atoms with Crippen LogP contribution in [0.5, 0.6) is 0 Å². The first-order chi connectivity index (χ1) is 20.5. The van der Waals surface area contributed by atoms with Gasteiger partial charge in [-0.25, -0.2) is 9.37 Å². The van der Waals surface area contributed by atoms with Crippen LogP contribution in [0.1, 0.15) is 49.8 Å². The van der Waals surface area contributed by atoms with Crippen molar-refractivity contribution in [3.8, 4) is 22.5 Å². The van der Waals surface area contributed by atoms with Crippen LogP contribution in [-0.4, -0.2) is 49.7 Å². The van der Waals surface area contributed by atoms with Crippen LogP contribution < -0.4 is 10.6 Å². The lowest BCUT2D eigenvalue weighted by Crippen LogP contribution is -2.21. The number of halogens is 1. The quantitative estimate of drug-likeness (QED) is 0.231. The van der Waals surface area contributed by atoms with E-state index in [1.807, 2.05) is 30.6 Å². The second-order valence-electron chi connectivity index (χ2n) is 11.2. The van der Waals surface area contributed by atoms with Gasteiger partial charge in [0.2, 0.25) is 0 Å². The van der Waals surface area contributed by atoms with Crippen molar-refractivity contribution in [2.45, 2.75) is 46.0 Å². The number of aryl methyl sites for hydroxylation is 2. The van der Waals surface area contributed by atoms with E-state index in [0.717, 1.165) is 86.6 Å². The summed E-state index contributed by atoms with van der Waals surface area (Å²) in [5.41, 5.74) is 8.51. The van der Waals surface area contributed by atoms with Crippen LogP contribution in [0.4, 0.5) is 4.39 Å². The SMILES string of the molecule is C=c1c(-c2cc3c(-c4cc(F)cc(CCCN5CCCC5)c4)ccnc3[nH]2)n[nH]/c1=C/C=C(\C)c1cncc(CC)c1. The van der Waals surface area contributed by atoms with Gasteiger partial charge in [-0.2, -0.15) is 5.10 Å². The highest BCUT2D eigenvalue weighted by atomic mass is 19.1. The number of hydrogen-bond donors (Lipinski definition) is 2. The van der Waals surface area contributed by atoms with Crippen molar-refractivity contribution in [1.82, 2.24) is 30.0 Å². The molecule has 0 bridgehead atoms. The number of benzene rings is 1. The van der Waals surface area contributed by atoms with Crippen LogP contribution in [0.25, 0.3) is 51.8 Å². The van der Waals surface area contributed by atoms with Gasteiger partial charge in [0.15, 0.2) is 0 Å². The zero-order chi connectivity index (χ0) is 29.1. The molecule has 1 aliphatic rings. The molecule has 0 amide bonds. The summed E-state index contributed by atoms with van der Waals surface area (Å²) >= 11 is 0. The highest BCUT2D eigenvalue weighted by molar-refractivity contribution is 5.96. The molecule has 5 heterocycles. The van der Waals surface area contributed by atoms with E-state index in [4.69, 9.17) is 0 Å². The van der Waals surface area contributed by atoms with E-state index in [9.17, 15) is 4.39 Å². The number of aromatic nitrogens is 5. The molecule has 6 rings (SSSR count). The number of allylic oxidation sites excluding steroid dienone is 2. The molecular formula is C35H37FN6. The van der Waals surface area contributed by atoms with Gasteiger partial charge in [0.1, 0.15) is 17.2 Å². The van der Waals surface area contributed by atoms with Gasteiger partial charge in [0.05, 0.1) is 11.0 Å². The van der Waals surface area contributed by atoms with E-state index in [1.54, 1.807) is 18.3 Å². The molecule has 1 fully saturated rings. The van der Waals surface area contributed by atoms with Crippen LogP contribution in [0, 0.1) is 5.82 Å². The van der Waals surface area contributed by atoms with E-state index in [0.29, 0.717) is 0 Å². The van der Waals surface area contributed by atoms with Crippen molar-refractivity contribution in [3.63, 3.8) is 0 Å². The minimum Gasteiger partial charge on any atom is -0.338 e. The Morgan fingerprint density at radius 3 is 2.79 bits per heavy atom. The summed E-state index contributed by atoms with van der Waals surface area (Å²) in [5, 5.41) is 10.2. The van der Waals surface area contributed by atoms with Crippen LogP contribution in [-0.2, 0) is 12.8 Å². The summed E-state index contributed by atoms with van der Waals surface area (Å²) in [5.74, 6) is -0.211. The molecule has 1 aliphatic heterocycles. The van der Waals surface area contributed by atoms with Gasteiger partial charge < -0.3 is 9.88 Å². The molecule has 2 N–H and O–H groups in total. The van der Waals surface area contributed by atoms with Gasteiger partial charge in [-0.3, -0.25) is 10.1 Å². The van der Waals surface area contributed by atoms with Crippen molar-refractivity contribution < 1.29 is 4.39 Å². The Morgan fingerprint density at radius 1 is 1.10 bits per heavy atom. The number of hydrogen-bond acceptors (Lipinski definition) is 4. The fourth-order valence-electron chi connectivity index (χ4n) is 5.81. The lowest BCUT2D eigenvalue weighted by Gasteiger charge is -2.14. The van der Waals surface area contributed by atoms with Crippen molar-refractivity contribution >= 4 is 29.3 Å². The topological polar surface area (TPSA) is 73.5 Å². The van der Waals surface area contributed by atoms with Crippen molar-refractivity contribution in [2.24, 2.45) is 0 Å². The Morgan fingerprint density at radius 2 is 1.95 bits per heavy atom. The molecule has 214 valence electrons. The van der Waals surface area contributed by atoms with Crippen LogP contribution in [0.15, 0.2) is 61.1 Å². The Balaban J connectivity index is 1.27. The molecule has 0 radical (unpaired) electrons. The van der Waals surface area contributed by atoms with Crippen LogP contribution in [0.3, 0.4) is 0 Å². The normalized spacial score (nSPS) is 14.8. The number of nitrogens with zero attached hydrogens (tertiary/aromatic N) is 4. The lowest BCUT2D eigenvalue weighted by molar-refractivity contribution is 0.334. The second kappa shape index (κ2) is 12.2. The van der Waals surface area contributed by atoms with Gasteiger partial charge in [-0.15, -0.1) is 0 Å². The zero-order valence-electron chi connectivity index (χ0n) is 24.4. The number of aromatic amines is 2. The Bertz CT molecular complexity index is 1860. The number of nitrogens with one attached hydrogen (secondary N) is 2. The number of H-pyrrole nitrogens is 2. The van der Waals surface area contributed by atoms with Crippen molar-refractivity contribution in [2.75, 3.05) is 19.6 Å². The van der Waals surface area contributed by atoms with Gasteiger partial charge in [-0.05, 0) is 128 Å². The monoisotopic (exact) mass is 560 g/mol. The minimum atomic E-state index is -0.211. The van der Waals surface area contributed by atoms with E-state index in [1.165, 1.54) is 31.5 Å². The number of pyridine rings is 2. The Labute approximate surface area is 245 Å². The summed E-state index contributed by atoms with van der Waals surface area (Å²) in [6, 6.07) is 11.5. The average molecular weight is 561 g/mol. The third kappa shape index (κ3) is 5.97. The third-order valence-electron chi connectivity index (χ3n) is 8.25. The molecular weight excluding hydrogens is 523 g/mol. The lowest BCUT2D eigenvalue weighted by atomic mass is 9.99. The predicted octanol–water partition coefficient (Wildman–Crippen LogP) is 6.04. The highest BCUT2D eigenvalue weighted by Gasteiger charge is 2.14. The molecule has 5 aromatic rings. The van der Waals surface area contributed by atoms with E-state index in [2.05, 4.69) is 68.7 Å². The molecule has 0 spiro atoms. The van der Waals surface area contributed by atoms with E-state index in [-0.39, 0.29) is 5.82 Å². The summed E-state index contributed by atoms with van der Waals surface area (Å²) in [6.07, 6.45) is 15.0. The largest absolute Gasteiger partial charge is 0.338 e. The molecule has 7 heteroatoms.